The molecule has 6 nitrogen and oxygen atoms in total. The molecule has 1 saturated heterocycles. The summed E-state index contributed by atoms with van der Waals surface area (Å²) in [5.41, 5.74) is 7.70. The van der Waals surface area contributed by atoms with Gasteiger partial charge in [-0.2, -0.15) is 0 Å². The van der Waals surface area contributed by atoms with Gasteiger partial charge < -0.3 is 15.4 Å². The fraction of sp³-hybridized carbons (Fsp3) is 0.400. The van der Waals surface area contributed by atoms with Crippen molar-refractivity contribution in [1.82, 2.24) is 14.4 Å². The Balaban J connectivity index is 2.13. The van der Waals surface area contributed by atoms with Crippen LogP contribution in [0.15, 0.2) is 12.4 Å². The first kappa shape index (κ1) is 10.4. The van der Waals surface area contributed by atoms with E-state index in [1.165, 1.54) is 0 Å². The molecule has 0 radical (unpaired) electrons. The average Bonchev–Trinajstić information content (AvgIpc) is 2.69. The fourth-order valence-electron chi connectivity index (χ4n) is 2.21. The second-order valence-electron chi connectivity index (χ2n) is 4.13. The second-order valence-corrected chi connectivity index (χ2v) is 4.13. The van der Waals surface area contributed by atoms with Gasteiger partial charge in [-0.15, -0.1) is 0 Å². The first-order valence-electron chi connectivity index (χ1n) is 5.69. The highest BCUT2D eigenvalue weighted by Crippen LogP contribution is 2.17. The van der Waals surface area contributed by atoms with Crippen molar-refractivity contribution in [3.05, 3.63) is 12.4 Å². The number of hydrogen-bond donors (Lipinski definition) is 1. The normalized spacial score (nSPS) is 16.6. The molecule has 3 rings (SSSR count). The van der Waals surface area contributed by atoms with Crippen LogP contribution in [-0.2, 0) is 4.74 Å². The molecule has 1 aliphatic heterocycles. The number of fused-ring (bicyclic) bond motifs is 1. The van der Waals surface area contributed by atoms with Gasteiger partial charge in [0.1, 0.15) is 11.3 Å². The summed E-state index contributed by atoms with van der Waals surface area (Å²) in [6.45, 7) is 3.21. The molecule has 17 heavy (non-hydrogen) atoms. The topological polar surface area (TPSA) is 68.7 Å². The third-order valence-corrected chi connectivity index (χ3v) is 3.03. The quantitative estimate of drug-likeness (QED) is 0.599. The van der Waals surface area contributed by atoms with E-state index in [9.17, 15) is 0 Å². The number of imidazole rings is 1. The Morgan fingerprint density at radius 1 is 1.35 bits per heavy atom. The monoisotopic (exact) mass is 231 g/mol. The largest absolute Gasteiger partial charge is 0.382 e. The molecule has 0 aliphatic carbocycles. The minimum absolute atomic E-state index is 0.525. The number of aromatic nitrogens is 3. The standard InChI is InChI=1S/C10H14BN5O/c11-8-7-9(12)13-1-2-16(7)10(14-8)15-3-5-17-6-4-15/h1-2H,3-6,11H2,(H2,12,13). The van der Waals surface area contributed by atoms with Gasteiger partial charge in [-0.1, -0.05) is 0 Å². The maximum Gasteiger partial charge on any atom is 0.209 e. The van der Waals surface area contributed by atoms with Crippen LogP contribution in [0.3, 0.4) is 0 Å². The van der Waals surface area contributed by atoms with Crippen molar-refractivity contribution in [1.29, 1.82) is 0 Å². The van der Waals surface area contributed by atoms with E-state index in [1.807, 2.05) is 18.4 Å². The molecule has 1 aliphatic rings. The lowest BCUT2D eigenvalue weighted by Gasteiger charge is -2.27. The van der Waals surface area contributed by atoms with Crippen LogP contribution in [0.2, 0.25) is 0 Å². The molecule has 0 atom stereocenters. The predicted molar refractivity (Wildman–Crippen MR) is 68.6 cm³/mol. The maximum atomic E-state index is 5.88. The summed E-state index contributed by atoms with van der Waals surface area (Å²) < 4.78 is 7.35. The molecule has 0 spiro atoms. The number of nitrogen functional groups attached to an aromatic ring is 1. The summed E-state index contributed by atoms with van der Waals surface area (Å²) in [6.07, 6.45) is 3.60. The van der Waals surface area contributed by atoms with Crippen LogP contribution in [-0.4, -0.2) is 48.5 Å². The lowest BCUT2D eigenvalue weighted by Crippen LogP contribution is -2.37. The minimum atomic E-state index is 0.525. The lowest BCUT2D eigenvalue weighted by atomic mass is 10.0. The van der Waals surface area contributed by atoms with E-state index in [2.05, 4.69) is 14.9 Å². The summed E-state index contributed by atoms with van der Waals surface area (Å²) in [7, 11) is 1.96. The smallest absolute Gasteiger partial charge is 0.209 e. The van der Waals surface area contributed by atoms with Gasteiger partial charge in [0.05, 0.1) is 13.2 Å². The Morgan fingerprint density at radius 3 is 2.88 bits per heavy atom. The number of morpholine rings is 1. The van der Waals surface area contributed by atoms with E-state index in [1.54, 1.807) is 6.20 Å². The molecule has 0 aromatic carbocycles. The van der Waals surface area contributed by atoms with Gasteiger partial charge in [0, 0.05) is 31.1 Å². The highest BCUT2D eigenvalue weighted by Gasteiger charge is 2.18. The Morgan fingerprint density at radius 2 is 2.12 bits per heavy atom. The molecular weight excluding hydrogens is 217 g/mol. The van der Waals surface area contributed by atoms with E-state index in [0.29, 0.717) is 5.82 Å². The van der Waals surface area contributed by atoms with Crippen LogP contribution in [0.5, 0.6) is 0 Å². The minimum Gasteiger partial charge on any atom is -0.382 e. The maximum absolute atomic E-state index is 5.88. The van der Waals surface area contributed by atoms with Gasteiger partial charge in [-0.05, 0) is 0 Å². The van der Waals surface area contributed by atoms with E-state index in [4.69, 9.17) is 10.5 Å². The van der Waals surface area contributed by atoms with Crippen molar-refractivity contribution >= 4 is 30.7 Å². The van der Waals surface area contributed by atoms with Crippen LogP contribution < -0.4 is 16.2 Å². The summed E-state index contributed by atoms with van der Waals surface area (Å²) in [4.78, 5) is 10.9. The SMILES string of the molecule is Bc1nc(N2CCOCC2)n2ccnc(N)c12. The van der Waals surface area contributed by atoms with Crippen LogP contribution in [0.4, 0.5) is 11.8 Å². The molecule has 1 fully saturated rings. The highest BCUT2D eigenvalue weighted by atomic mass is 16.5. The van der Waals surface area contributed by atoms with Crippen LogP contribution >= 0.6 is 0 Å². The van der Waals surface area contributed by atoms with Gasteiger partial charge in [-0.25, -0.2) is 9.97 Å². The number of rotatable bonds is 1. The Kier molecular flexibility index (Phi) is 2.40. The number of nitrogens with two attached hydrogens (primary N) is 1. The summed E-state index contributed by atoms with van der Waals surface area (Å²) in [5.74, 6) is 1.45. The van der Waals surface area contributed by atoms with Crippen molar-refractivity contribution in [2.45, 2.75) is 0 Å². The lowest BCUT2D eigenvalue weighted by molar-refractivity contribution is 0.122. The van der Waals surface area contributed by atoms with Crippen molar-refractivity contribution in [3.63, 3.8) is 0 Å². The highest BCUT2D eigenvalue weighted by molar-refractivity contribution is 6.36. The molecule has 0 amide bonds. The molecule has 2 N–H and O–H groups in total. The molecule has 2 aromatic heterocycles. The van der Waals surface area contributed by atoms with Crippen LogP contribution in [0.25, 0.3) is 5.52 Å². The van der Waals surface area contributed by atoms with E-state index in [0.717, 1.165) is 43.4 Å². The van der Waals surface area contributed by atoms with Gasteiger partial charge in [0.15, 0.2) is 7.85 Å². The Hall–Kier alpha value is -1.76. The molecule has 3 heterocycles. The molecule has 7 heteroatoms. The number of hydrogen-bond acceptors (Lipinski definition) is 5. The molecular formula is C10H14BN5O. The number of nitrogens with zero attached hydrogens (tertiary/aromatic N) is 4. The molecule has 0 bridgehead atoms. The zero-order valence-electron chi connectivity index (χ0n) is 9.76. The number of anilines is 2. The number of ether oxygens (including phenoxy) is 1. The first-order chi connectivity index (χ1) is 8.27. The molecule has 0 unspecified atom stereocenters. The summed E-state index contributed by atoms with van der Waals surface area (Å²) >= 11 is 0. The molecule has 88 valence electrons. The molecule has 0 saturated carbocycles. The van der Waals surface area contributed by atoms with E-state index < -0.39 is 0 Å². The second kappa shape index (κ2) is 3.92. The summed E-state index contributed by atoms with van der Waals surface area (Å²) in [6, 6.07) is 0. The van der Waals surface area contributed by atoms with Crippen LogP contribution in [0, 0.1) is 0 Å². The molecule has 2 aromatic rings. The third kappa shape index (κ3) is 1.63. The predicted octanol–water partition coefficient (Wildman–Crippen LogP) is -1.59. The summed E-state index contributed by atoms with van der Waals surface area (Å²) in [5, 5.41) is 0. The van der Waals surface area contributed by atoms with Gasteiger partial charge in [0.25, 0.3) is 0 Å². The fourth-order valence-corrected chi connectivity index (χ4v) is 2.21. The van der Waals surface area contributed by atoms with Gasteiger partial charge in [0.2, 0.25) is 5.95 Å². The average molecular weight is 231 g/mol. The Bertz CT molecular complexity index is 549. The zero-order chi connectivity index (χ0) is 11.8. The van der Waals surface area contributed by atoms with Crippen molar-refractivity contribution in [2.24, 2.45) is 0 Å². The van der Waals surface area contributed by atoms with Crippen molar-refractivity contribution in [2.75, 3.05) is 36.9 Å². The first-order valence-corrected chi connectivity index (χ1v) is 5.69. The van der Waals surface area contributed by atoms with E-state index in [-0.39, 0.29) is 0 Å². The van der Waals surface area contributed by atoms with E-state index >= 15 is 0 Å². The van der Waals surface area contributed by atoms with Gasteiger partial charge >= 0.3 is 0 Å². The van der Waals surface area contributed by atoms with Crippen LogP contribution in [0.1, 0.15) is 0 Å². The third-order valence-electron chi connectivity index (χ3n) is 3.03. The van der Waals surface area contributed by atoms with Crippen molar-refractivity contribution < 1.29 is 4.74 Å². The van der Waals surface area contributed by atoms with Crippen molar-refractivity contribution in [3.8, 4) is 0 Å². The zero-order valence-corrected chi connectivity index (χ0v) is 9.76. The Labute approximate surface area is 99.8 Å². The van der Waals surface area contributed by atoms with Gasteiger partial charge in [-0.3, -0.25) is 4.40 Å².